The summed E-state index contributed by atoms with van der Waals surface area (Å²) in [5.41, 5.74) is -0.806. The highest BCUT2D eigenvalue weighted by Crippen LogP contribution is 2.32. The Bertz CT molecular complexity index is 1240. The summed E-state index contributed by atoms with van der Waals surface area (Å²) in [6.07, 6.45) is -3.26. The molecule has 1 aliphatic heterocycles. The number of hydrogen-bond donors (Lipinski definition) is 3. The maximum absolute atomic E-state index is 13.0. The predicted octanol–water partition coefficient (Wildman–Crippen LogP) is 3.13. The molecule has 3 aromatic rings. The number of rotatable bonds is 5. The Balaban J connectivity index is 1.61. The topological polar surface area (TPSA) is 113 Å². The summed E-state index contributed by atoms with van der Waals surface area (Å²) in [6, 6.07) is 10.1. The van der Waals surface area contributed by atoms with E-state index in [0.29, 0.717) is 16.8 Å². The van der Waals surface area contributed by atoms with Crippen molar-refractivity contribution in [3.05, 3.63) is 77.2 Å². The van der Waals surface area contributed by atoms with E-state index in [4.69, 9.17) is 4.52 Å². The number of alkyl halides is 3. The van der Waals surface area contributed by atoms with Crippen molar-refractivity contribution in [1.82, 2.24) is 21.1 Å². The van der Waals surface area contributed by atoms with E-state index < -0.39 is 35.1 Å². The quantitative estimate of drug-likeness (QED) is 0.509. The van der Waals surface area contributed by atoms with E-state index in [1.54, 1.807) is 25.1 Å². The molecule has 2 aromatic carbocycles. The van der Waals surface area contributed by atoms with Crippen LogP contribution in [0.3, 0.4) is 0 Å². The van der Waals surface area contributed by atoms with Crippen molar-refractivity contribution in [3.8, 4) is 11.1 Å². The Hall–Kier alpha value is -4.15. The Kier molecular flexibility index (Phi) is 5.40. The molecule has 4 amide bonds. The van der Waals surface area contributed by atoms with E-state index >= 15 is 0 Å². The maximum atomic E-state index is 13.0. The number of aryl methyl sites for hydroxylation is 1. The highest BCUT2D eigenvalue weighted by molar-refractivity contribution is 6.08. The highest BCUT2D eigenvalue weighted by Gasteiger charge is 2.50. The van der Waals surface area contributed by atoms with E-state index in [-0.39, 0.29) is 17.7 Å². The fourth-order valence-corrected chi connectivity index (χ4v) is 3.68. The molecule has 4 rings (SSSR count). The van der Waals surface area contributed by atoms with Gasteiger partial charge in [0, 0.05) is 5.56 Å². The smallest absolute Gasteiger partial charge is 0.364 e. The third-order valence-electron chi connectivity index (χ3n) is 5.36. The Labute approximate surface area is 185 Å². The second-order valence-electron chi connectivity index (χ2n) is 7.43. The van der Waals surface area contributed by atoms with Crippen LogP contribution in [0.25, 0.3) is 11.1 Å². The summed E-state index contributed by atoms with van der Waals surface area (Å²) in [6.45, 7) is 1.27. The molecule has 11 heteroatoms. The number of nitrogens with zero attached hydrogens (tertiary/aromatic N) is 1. The number of aromatic nitrogens is 1. The van der Waals surface area contributed by atoms with Crippen molar-refractivity contribution < 1.29 is 32.1 Å². The molecule has 0 saturated carbocycles. The largest absolute Gasteiger partial charge is 0.416 e. The molecule has 33 heavy (non-hydrogen) atoms. The van der Waals surface area contributed by atoms with E-state index in [9.17, 15) is 27.6 Å². The van der Waals surface area contributed by atoms with Crippen molar-refractivity contribution in [2.75, 3.05) is 6.54 Å². The summed E-state index contributed by atoms with van der Waals surface area (Å²) in [5, 5.41) is 11.0. The van der Waals surface area contributed by atoms with Crippen LogP contribution in [-0.2, 0) is 16.5 Å². The fraction of sp³-hybridized carbons (Fsp3) is 0.182. The molecule has 1 fully saturated rings. The molecule has 170 valence electrons. The van der Waals surface area contributed by atoms with Crippen LogP contribution < -0.4 is 16.0 Å². The molecule has 0 bridgehead atoms. The van der Waals surface area contributed by atoms with Gasteiger partial charge in [0.15, 0.2) is 5.54 Å². The molecule has 1 aliphatic rings. The van der Waals surface area contributed by atoms with Crippen molar-refractivity contribution in [2.45, 2.75) is 18.6 Å². The minimum absolute atomic E-state index is 0.180. The van der Waals surface area contributed by atoms with Crippen molar-refractivity contribution >= 4 is 17.8 Å². The highest BCUT2D eigenvalue weighted by atomic mass is 19.4. The Morgan fingerprint density at radius 1 is 1.12 bits per heavy atom. The normalized spacial score (nSPS) is 18.1. The van der Waals surface area contributed by atoms with E-state index in [1.807, 2.05) is 0 Å². The number of carbonyl (C=O) groups is 3. The Morgan fingerprint density at radius 2 is 1.82 bits per heavy atom. The average Bonchev–Trinajstić information content (AvgIpc) is 3.34. The predicted molar refractivity (Wildman–Crippen MR) is 109 cm³/mol. The first-order valence-electron chi connectivity index (χ1n) is 9.72. The number of amides is 4. The van der Waals surface area contributed by atoms with Crippen LogP contribution in [0.15, 0.2) is 59.3 Å². The summed E-state index contributed by atoms with van der Waals surface area (Å²) < 4.78 is 43.5. The zero-order valence-electron chi connectivity index (χ0n) is 17.1. The molecular formula is C22H17F3N4O4. The lowest BCUT2D eigenvalue weighted by Gasteiger charge is -2.25. The van der Waals surface area contributed by atoms with Crippen LogP contribution >= 0.6 is 0 Å². The molecule has 1 aromatic heterocycles. The minimum Gasteiger partial charge on any atom is -0.364 e. The first-order chi connectivity index (χ1) is 15.6. The van der Waals surface area contributed by atoms with Gasteiger partial charge in [-0.2, -0.15) is 13.2 Å². The SMILES string of the molecule is Cc1nocc1C1(CNC(=O)c2ccccc2-c2ccc(C(F)(F)F)cc2)NC(=O)NC1=O. The molecule has 1 unspecified atom stereocenters. The number of imide groups is 1. The molecule has 0 aliphatic carbocycles. The molecular weight excluding hydrogens is 441 g/mol. The summed E-state index contributed by atoms with van der Waals surface area (Å²) in [5.74, 6) is -1.27. The lowest BCUT2D eigenvalue weighted by molar-refractivity contribution is -0.137. The van der Waals surface area contributed by atoms with Crippen molar-refractivity contribution in [2.24, 2.45) is 0 Å². The van der Waals surface area contributed by atoms with Gasteiger partial charge in [-0.25, -0.2) is 4.79 Å². The van der Waals surface area contributed by atoms with Gasteiger partial charge in [0.05, 0.1) is 23.4 Å². The number of benzene rings is 2. The van der Waals surface area contributed by atoms with Crippen molar-refractivity contribution in [1.29, 1.82) is 0 Å². The standard InChI is InChI=1S/C22H17F3N4O4/c1-12-17(10-33-29-12)21(19(31)27-20(32)28-21)11-26-18(30)16-5-3-2-4-15(16)13-6-8-14(9-7-13)22(23,24)25/h2-10H,11H2,1H3,(H,26,30)(H2,27,28,31,32). The van der Waals surface area contributed by atoms with Crippen LogP contribution in [0.2, 0.25) is 0 Å². The van der Waals surface area contributed by atoms with Crippen LogP contribution in [0.5, 0.6) is 0 Å². The number of halogens is 3. The van der Waals surface area contributed by atoms with Gasteiger partial charge in [-0.1, -0.05) is 35.5 Å². The molecule has 0 radical (unpaired) electrons. The fourth-order valence-electron chi connectivity index (χ4n) is 3.68. The van der Waals surface area contributed by atoms with Gasteiger partial charge >= 0.3 is 12.2 Å². The van der Waals surface area contributed by atoms with Gasteiger partial charge in [0.2, 0.25) is 0 Å². The first-order valence-corrected chi connectivity index (χ1v) is 9.72. The van der Waals surface area contributed by atoms with E-state index in [2.05, 4.69) is 21.1 Å². The molecule has 2 heterocycles. The summed E-state index contributed by atoms with van der Waals surface area (Å²) >= 11 is 0. The zero-order valence-corrected chi connectivity index (χ0v) is 17.1. The van der Waals surface area contributed by atoms with Gasteiger partial charge < -0.3 is 15.2 Å². The summed E-state index contributed by atoms with van der Waals surface area (Å²) in [4.78, 5) is 37.5. The number of nitrogens with one attached hydrogen (secondary N) is 3. The van der Waals surface area contributed by atoms with Gasteiger partial charge in [-0.05, 0) is 36.2 Å². The maximum Gasteiger partial charge on any atom is 0.416 e. The number of urea groups is 1. The zero-order chi connectivity index (χ0) is 23.8. The van der Waals surface area contributed by atoms with Crippen LogP contribution in [-0.4, -0.2) is 29.5 Å². The van der Waals surface area contributed by atoms with Gasteiger partial charge in [0.1, 0.15) is 6.26 Å². The molecule has 3 N–H and O–H groups in total. The second-order valence-corrected chi connectivity index (χ2v) is 7.43. The van der Waals surface area contributed by atoms with Crippen molar-refractivity contribution in [3.63, 3.8) is 0 Å². The number of hydrogen-bond acceptors (Lipinski definition) is 5. The Morgan fingerprint density at radius 3 is 2.39 bits per heavy atom. The first kappa shape index (κ1) is 22.1. The van der Waals surface area contributed by atoms with Gasteiger partial charge in [0.25, 0.3) is 11.8 Å². The van der Waals surface area contributed by atoms with Crippen LogP contribution in [0, 0.1) is 6.92 Å². The van der Waals surface area contributed by atoms with Crippen LogP contribution in [0.1, 0.15) is 27.2 Å². The second kappa shape index (κ2) is 8.08. The van der Waals surface area contributed by atoms with Gasteiger partial charge in [-0.15, -0.1) is 0 Å². The molecule has 8 nitrogen and oxygen atoms in total. The minimum atomic E-state index is -4.48. The third kappa shape index (κ3) is 4.04. The van der Waals surface area contributed by atoms with Gasteiger partial charge in [-0.3, -0.25) is 14.9 Å². The number of carbonyl (C=O) groups excluding carboxylic acids is 3. The molecule has 1 atom stereocenters. The average molecular weight is 458 g/mol. The third-order valence-corrected chi connectivity index (χ3v) is 5.36. The lowest BCUT2D eigenvalue weighted by Crippen LogP contribution is -2.52. The van der Waals surface area contributed by atoms with Crippen LogP contribution in [0.4, 0.5) is 18.0 Å². The van der Waals surface area contributed by atoms with E-state index in [1.165, 1.54) is 24.5 Å². The molecule has 0 spiro atoms. The monoisotopic (exact) mass is 458 g/mol. The van der Waals surface area contributed by atoms with E-state index in [0.717, 1.165) is 12.1 Å². The molecule has 1 saturated heterocycles. The lowest BCUT2D eigenvalue weighted by atomic mass is 9.90. The summed E-state index contributed by atoms with van der Waals surface area (Å²) in [7, 11) is 0.